The highest BCUT2D eigenvalue weighted by Crippen LogP contribution is 2.27. The summed E-state index contributed by atoms with van der Waals surface area (Å²) in [6.07, 6.45) is 4.77. The Hall–Kier alpha value is -1.74. The molecule has 1 saturated carbocycles. The molecule has 132 valence electrons. The van der Waals surface area contributed by atoms with Gasteiger partial charge in [-0.05, 0) is 38.5 Å². The van der Waals surface area contributed by atoms with E-state index in [0.717, 1.165) is 31.9 Å². The quantitative estimate of drug-likeness (QED) is 0.824. The number of nitrogens with zero attached hydrogens (tertiary/aromatic N) is 2. The van der Waals surface area contributed by atoms with Crippen molar-refractivity contribution in [1.29, 1.82) is 0 Å². The van der Waals surface area contributed by atoms with Crippen molar-refractivity contribution in [3.8, 4) is 0 Å². The third-order valence-electron chi connectivity index (χ3n) is 4.36. The average Bonchev–Trinajstić information content (AvgIpc) is 2.95. The topological polar surface area (TPSA) is 97.1 Å². The molecule has 0 saturated heterocycles. The second-order valence-corrected chi connectivity index (χ2v) is 8.20. The summed E-state index contributed by atoms with van der Waals surface area (Å²) in [5.74, 6) is -0.00000494. The van der Waals surface area contributed by atoms with E-state index in [2.05, 4.69) is 20.0 Å². The largest absolute Gasteiger partial charge is 0.422 e. The first-order valence-corrected chi connectivity index (χ1v) is 9.76. The minimum atomic E-state index is -3.13. The molecule has 0 spiro atoms. The van der Waals surface area contributed by atoms with E-state index in [0.29, 0.717) is 29.7 Å². The molecule has 2 heterocycles. The highest BCUT2D eigenvalue weighted by atomic mass is 32.2. The van der Waals surface area contributed by atoms with Gasteiger partial charge in [0.25, 0.3) is 6.01 Å². The molecule has 1 aliphatic carbocycles. The second-order valence-electron chi connectivity index (χ2n) is 6.11. The lowest BCUT2D eigenvalue weighted by molar-refractivity contribution is 0.334. The molecule has 2 N–H and O–H groups in total. The zero-order valence-corrected chi connectivity index (χ0v) is 14.3. The molecule has 3 rings (SSSR count). The minimum absolute atomic E-state index is 0.107. The Morgan fingerprint density at radius 2 is 2.08 bits per heavy atom. The van der Waals surface area contributed by atoms with Crippen LogP contribution in [0, 0.1) is 11.7 Å². The summed E-state index contributed by atoms with van der Waals surface area (Å²) in [6, 6.07) is 1.82. The summed E-state index contributed by atoms with van der Waals surface area (Å²) in [6.45, 7) is 2.12. The second kappa shape index (κ2) is 7.02. The molecule has 24 heavy (non-hydrogen) atoms. The van der Waals surface area contributed by atoms with Gasteiger partial charge in [0.05, 0.1) is 11.9 Å². The average molecular weight is 356 g/mol. The van der Waals surface area contributed by atoms with Crippen LogP contribution in [-0.4, -0.2) is 36.7 Å². The van der Waals surface area contributed by atoms with Crippen molar-refractivity contribution >= 4 is 27.3 Å². The molecule has 0 radical (unpaired) electrons. The van der Waals surface area contributed by atoms with Crippen LogP contribution in [-0.2, 0) is 10.0 Å². The van der Waals surface area contributed by atoms with E-state index in [-0.39, 0.29) is 11.8 Å². The maximum Gasteiger partial charge on any atom is 0.297 e. The smallest absolute Gasteiger partial charge is 0.297 e. The number of hydrogen-bond donors (Lipinski definition) is 2. The number of halogens is 1. The fraction of sp³-hybridized carbons (Fsp3) is 0.600. The van der Waals surface area contributed by atoms with Crippen LogP contribution in [0.2, 0.25) is 0 Å². The Balaban J connectivity index is 1.51. The number of fused-ring (bicyclic) bond motifs is 1. The van der Waals surface area contributed by atoms with E-state index in [1.54, 1.807) is 6.92 Å². The summed E-state index contributed by atoms with van der Waals surface area (Å²) < 4.78 is 44.2. The molecule has 9 heteroatoms. The summed E-state index contributed by atoms with van der Waals surface area (Å²) in [5, 5.41) is 3.21. The highest BCUT2D eigenvalue weighted by molar-refractivity contribution is 7.89. The van der Waals surface area contributed by atoms with Crippen molar-refractivity contribution in [3.63, 3.8) is 0 Å². The zero-order valence-electron chi connectivity index (χ0n) is 13.5. The van der Waals surface area contributed by atoms with Gasteiger partial charge < -0.3 is 9.73 Å². The van der Waals surface area contributed by atoms with Crippen LogP contribution in [0.15, 0.2) is 16.7 Å². The number of hydrogen-bond acceptors (Lipinski definition) is 6. The zero-order chi connectivity index (χ0) is 17.2. The van der Waals surface area contributed by atoms with E-state index < -0.39 is 15.8 Å². The first kappa shape index (κ1) is 17.1. The minimum Gasteiger partial charge on any atom is -0.422 e. The Morgan fingerprint density at radius 3 is 2.79 bits per heavy atom. The highest BCUT2D eigenvalue weighted by Gasteiger charge is 2.23. The van der Waals surface area contributed by atoms with Gasteiger partial charge >= 0.3 is 0 Å². The van der Waals surface area contributed by atoms with E-state index in [4.69, 9.17) is 4.42 Å². The molecule has 0 atom stereocenters. The Morgan fingerprint density at radius 1 is 1.33 bits per heavy atom. The molecule has 1 aliphatic rings. The number of rotatable bonds is 6. The predicted molar refractivity (Wildman–Crippen MR) is 88.6 cm³/mol. The monoisotopic (exact) mass is 356 g/mol. The molecule has 0 amide bonds. The summed E-state index contributed by atoms with van der Waals surface area (Å²) in [5.41, 5.74) is 0.696. The van der Waals surface area contributed by atoms with Crippen molar-refractivity contribution in [3.05, 3.63) is 18.1 Å². The van der Waals surface area contributed by atoms with Crippen molar-refractivity contribution in [2.24, 2.45) is 5.92 Å². The van der Waals surface area contributed by atoms with E-state index >= 15 is 0 Å². The van der Waals surface area contributed by atoms with Crippen LogP contribution < -0.4 is 10.0 Å². The van der Waals surface area contributed by atoms with Crippen LogP contribution in [0.25, 0.3) is 11.2 Å². The molecule has 1 fully saturated rings. The molecule has 2 aromatic heterocycles. The number of aromatic nitrogens is 2. The van der Waals surface area contributed by atoms with Gasteiger partial charge in [-0.2, -0.15) is 4.98 Å². The summed E-state index contributed by atoms with van der Waals surface area (Å²) in [7, 11) is -3.13. The fourth-order valence-corrected chi connectivity index (χ4v) is 3.58. The van der Waals surface area contributed by atoms with Crippen LogP contribution >= 0.6 is 0 Å². The van der Waals surface area contributed by atoms with Crippen LogP contribution in [0.3, 0.4) is 0 Å². The van der Waals surface area contributed by atoms with Gasteiger partial charge in [-0.1, -0.05) is 0 Å². The van der Waals surface area contributed by atoms with Gasteiger partial charge in [-0.25, -0.2) is 22.5 Å². The number of oxazole rings is 1. The third-order valence-corrected chi connectivity index (χ3v) is 5.73. The van der Waals surface area contributed by atoms with Gasteiger partial charge in [-0.3, -0.25) is 0 Å². The molecule has 0 bridgehead atoms. The molecular formula is C15H21FN4O3S. The molecule has 0 aromatic carbocycles. The van der Waals surface area contributed by atoms with Crippen molar-refractivity contribution < 1.29 is 17.2 Å². The van der Waals surface area contributed by atoms with Gasteiger partial charge in [-0.15, -0.1) is 0 Å². The lowest BCUT2D eigenvalue weighted by atomic mass is 9.86. The molecule has 7 nitrogen and oxygen atoms in total. The molecule has 0 aliphatic heterocycles. The maximum atomic E-state index is 13.1. The molecular weight excluding hydrogens is 335 g/mol. The standard InChI is InChI=1S/C15H21FN4O3S/c1-2-24(21,22)18-8-10-3-5-12(6-4-10)19-15-20-14-13(23-15)7-11(16)9-17-14/h7,9-10,12,18H,2-6,8H2,1H3,(H,17,19,20)/t10-,12-. The van der Waals surface area contributed by atoms with Crippen molar-refractivity contribution in [1.82, 2.24) is 14.7 Å². The molecule has 0 unspecified atom stereocenters. The Kier molecular flexibility index (Phi) is 5.00. The lowest BCUT2D eigenvalue weighted by Gasteiger charge is -2.28. The van der Waals surface area contributed by atoms with E-state index in [9.17, 15) is 12.8 Å². The summed E-state index contributed by atoms with van der Waals surface area (Å²) >= 11 is 0. The van der Waals surface area contributed by atoms with Crippen molar-refractivity contribution in [2.75, 3.05) is 17.6 Å². The maximum absolute atomic E-state index is 13.1. The van der Waals surface area contributed by atoms with E-state index in [1.807, 2.05) is 0 Å². The van der Waals surface area contributed by atoms with Crippen molar-refractivity contribution in [2.45, 2.75) is 38.6 Å². The Labute approximate surface area is 140 Å². The van der Waals surface area contributed by atoms with Gasteiger partial charge in [0.1, 0.15) is 5.82 Å². The predicted octanol–water partition coefficient (Wildman–Crippen LogP) is 2.27. The number of anilines is 1. The molecule has 2 aromatic rings. The lowest BCUT2D eigenvalue weighted by Crippen LogP contribution is -2.34. The van der Waals surface area contributed by atoms with Gasteiger partial charge in [0, 0.05) is 18.7 Å². The normalized spacial score (nSPS) is 21.9. The number of sulfonamides is 1. The summed E-state index contributed by atoms with van der Waals surface area (Å²) in [4.78, 5) is 8.08. The number of pyridine rings is 1. The van der Waals surface area contributed by atoms with Crippen LogP contribution in [0.5, 0.6) is 0 Å². The number of nitrogens with one attached hydrogen (secondary N) is 2. The van der Waals surface area contributed by atoms with Gasteiger partial charge in [0.2, 0.25) is 15.7 Å². The first-order chi connectivity index (χ1) is 11.4. The third kappa shape index (κ3) is 4.21. The van der Waals surface area contributed by atoms with Crippen LogP contribution in [0.1, 0.15) is 32.6 Å². The van der Waals surface area contributed by atoms with Crippen LogP contribution in [0.4, 0.5) is 10.4 Å². The SMILES string of the molecule is CCS(=O)(=O)NC[C@H]1CC[C@H](Nc2nc3ncc(F)cc3o2)CC1. The first-order valence-electron chi connectivity index (χ1n) is 8.11. The van der Waals surface area contributed by atoms with E-state index in [1.165, 1.54) is 6.07 Å². The van der Waals surface area contributed by atoms with Gasteiger partial charge in [0.15, 0.2) is 5.58 Å². The fourth-order valence-electron chi connectivity index (χ4n) is 2.89. The Bertz CT molecular complexity index is 800.